The van der Waals surface area contributed by atoms with E-state index in [9.17, 15) is 15.0 Å². The second kappa shape index (κ2) is 7.83. The molecule has 0 radical (unpaired) electrons. The second-order valence-electron chi connectivity index (χ2n) is 7.17. The summed E-state index contributed by atoms with van der Waals surface area (Å²) in [6.07, 6.45) is 5.24. The van der Waals surface area contributed by atoms with Crippen LogP contribution < -0.4 is 0 Å². The van der Waals surface area contributed by atoms with Crippen molar-refractivity contribution in [2.24, 2.45) is 0 Å². The Morgan fingerprint density at radius 1 is 0.920 bits per heavy atom. The molecule has 0 heterocycles. The van der Waals surface area contributed by atoms with Gasteiger partial charge in [-0.15, -0.1) is 0 Å². The van der Waals surface area contributed by atoms with Crippen molar-refractivity contribution in [2.45, 2.75) is 57.0 Å². The second-order valence-corrected chi connectivity index (χ2v) is 7.17. The lowest BCUT2D eigenvalue weighted by molar-refractivity contribution is -0.141. The molecule has 1 aliphatic rings. The first-order chi connectivity index (χ1) is 12.1. The average Bonchev–Trinajstić information content (AvgIpc) is 2.63. The van der Waals surface area contributed by atoms with E-state index < -0.39 is 18.0 Å². The van der Waals surface area contributed by atoms with E-state index in [-0.39, 0.29) is 0 Å². The van der Waals surface area contributed by atoms with Crippen LogP contribution in [0.15, 0.2) is 48.5 Å². The molecule has 0 unspecified atom stereocenters. The number of hydrogen-bond acceptors (Lipinski definition) is 2. The first-order valence-electron chi connectivity index (χ1n) is 9.13. The van der Waals surface area contributed by atoms with Crippen LogP contribution in [0.3, 0.4) is 0 Å². The predicted molar refractivity (Wildman–Crippen MR) is 98.8 cm³/mol. The zero-order valence-electron chi connectivity index (χ0n) is 14.7. The molecular formula is C22H26O3. The Hall–Kier alpha value is -2.13. The summed E-state index contributed by atoms with van der Waals surface area (Å²) in [4.78, 5) is 11.8. The van der Waals surface area contributed by atoms with Crippen LogP contribution in [0.25, 0.3) is 0 Å². The number of aliphatic hydroxyl groups is 1. The van der Waals surface area contributed by atoms with Crippen LogP contribution >= 0.6 is 0 Å². The molecule has 1 aliphatic carbocycles. The Balaban J connectivity index is 1.82. The molecule has 2 aromatic carbocycles. The summed E-state index contributed by atoms with van der Waals surface area (Å²) in [7, 11) is 0. The first kappa shape index (κ1) is 17.7. The number of carboxylic acid groups (broad SMARTS) is 1. The van der Waals surface area contributed by atoms with Crippen molar-refractivity contribution < 1.29 is 15.0 Å². The Labute approximate surface area is 149 Å². The van der Waals surface area contributed by atoms with Gasteiger partial charge in [-0.05, 0) is 42.4 Å². The number of carboxylic acids is 1. The third-order valence-corrected chi connectivity index (χ3v) is 5.37. The highest BCUT2D eigenvalue weighted by molar-refractivity contribution is 5.77. The van der Waals surface area contributed by atoms with E-state index in [1.54, 1.807) is 12.1 Å². The number of carbonyl (C=O) groups is 1. The highest BCUT2D eigenvalue weighted by Crippen LogP contribution is 2.35. The summed E-state index contributed by atoms with van der Waals surface area (Å²) in [6, 6.07) is 15.2. The van der Waals surface area contributed by atoms with Crippen LogP contribution in [0.5, 0.6) is 0 Å². The van der Waals surface area contributed by atoms with E-state index >= 15 is 0 Å². The van der Waals surface area contributed by atoms with Gasteiger partial charge in [-0.3, -0.25) is 4.79 Å². The largest absolute Gasteiger partial charge is 0.481 e. The lowest BCUT2D eigenvalue weighted by atomic mass is 9.82. The Kier molecular flexibility index (Phi) is 5.54. The highest BCUT2D eigenvalue weighted by atomic mass is 16.4. The zero-order valence-corrected chi connectivity index (χ0v) is 14.7. The van der Waals surface area contributed by atoms with Crippen molar-refractivity contribution in [1.82, 2.24) is 0 Å². The molecule has 3 heteroatoms. The molecule has 0 amide bonds. The van der Waals surface area contributed by atoms with Gasteiger partial charge in [0.2, 0.25) is 0 Å². The molecule has 1 saturated carbocycles. The van der Waals surface area contributed by atoms with Gasteiger partial charge in [-0.1, -0.05) is 73.4 Å². The van der Waals surface area contributed by atoms with Gasteiger partial charge in [0.05, 0.1) is 6.10 Å². The minimum atomic E-state index is -1.06. The summed E-state index contributed by atoms with van der Waals surface area (Å²) < 4.78 is 0. The molecule has 2 atom stereocenters. The standard InChI is InChI=1S/C22H26O3/c1-15-7-9-19(10-8-15)21(23)20(22(24)25)18-13-11-17(12-14-18)16-5-3-2-4-6-16/h7-14,16,20-21,23H,2-6H2,1H3,(H,24,25)/t20-,21-/m0/s1. The predicted octanol–water partition coefficient (Wildman–Crippen LogP) is 4.94. The molecule has 3 rings (SSSR count). The van der Waals surface area contributed by atoms with E-state index in [1.165, 1.54) is 37.7 Å². The molecule has 1 fully saturated rings. The van der Waals surface area contributed by atoms with Gasteiger partial charge in [0.25, 0.3) is 0 Å². The monoisotopic (exact) mass is 338 g/mol. The topological polar surface area (TPSA) is 57.5 Å². The molecule has 0 aliphatic heterocycles. The van der Waals surface area contributed by atoms with E-state index in [1.807, 2.05) is 43.3 Å². The zero-order chi connectivity index (χ0) is 17.8. The maximum Gasteiger partial charge on any atom is 0.314 e. The van der Waals surface area contributed by atoms with Crippen LogP contribution in [0.1, 0.15) is 72.3 Å². The molecule has 3 nitrogen and oxygen atoms in total. The Morgan fingerprint density at radius 2 is 1.48 bits per heavy atom. The molecule has 0 bridgehead atoms. The van der Waals surface area contributed by atoms with Crippen LogP contribution in [-0.2, 0) is 4.79 Å². The fraction of sp³-hybridized carbons (Fsp3) is 0.409. The molecule has 0 spiro atoms. The highest BCUT2D eigenvalue weighted by Gasteiger charge is 2.29. The van der Waals surface area contributed by atoms with Crippen LogP contribution in [-0.4, -0.2) is 16.2 Å². The summed E-state index contributed by atoms with van der Waals surface area (Å²) >= 11 is 0. The molecular weight excluding hydrogens is 312 g/mol. The number of rotatable bonds is 5. The maximum atomic E-state index is 11.8. The first-order valence-corrected chi connectivity index (χ1v) is 9.13. The summed E-state index contributed by atoms with van der Waals surface area (Å²) in [5.74, 6) is -1.37. The molecule has 2 N–H and O–H groups in total. The number of benzene rings is 2. The van der Waals surface area contributed by atoms with Gasteiger partial charge < -0.3 is 10.2 Å². The average molecular weight is 338 g/mol. The lowest BCUT2D eigenvalue weighted by Crippen LogP contribution is -2.20. The van der Waals surface area contributed by atoms with Gasteiger partial charge in [-0.2, -0.15) is 0 Å². The van der Waals surface area contributed by atoms with E-state index in [2.05, 4.69) is 0 Å². The van der Waals surface area contributed by atoms with Gasteiger partial charge >= 0.3 is 5.97 Å². The SMILES string of the molecule is Cc1ccc([C@H](O)[C@@H](C(=O)O)c2ccc(C3CCCCC3)cc2)cc1. The van der Waals surface area contributed by atoms with Crippen molar-refractivity contribution in [3.63, 3.8) is 0 Å². The third-order valence-electron chi connectivity index (χ3n) is 5.37. The van der Waals surface area contributed by atoms with Gasteiger partial charge in [0.15, 0.2) is 0 Å². The minimum absolute atomic E-state index is 0.591. The van der Waals surface area contributed by atoms with Crippen molar-refractivity contribution in [2.75, 3.05) is 0 Å². The lowest BCUT2D eigenvalue weighted by Gasteiger charge is -2.24. The van der Waals surface area contributed by atoms with Crippen molar-refractivity contribution in [3.8, 4) is 0 Å². The van der Waals surface area contributed by atoms with Crippen LogP contribution in [0, 0.1) is 6.92 Å². The Bertz CT molecular complexity index is 697. The van der Waals surface area contributed by atoms with Gasteiger partial charge in [0.1, 0.15) is 5.92 Å². The quantitative estimate of drug-likeness (QED) is 0.811. The van der Waals surface area contributed by atoms with Gasteiger partial charge in [0, 0.05) is 0 Å². The number of hydrogen-bond donors (Lipinski definition) is 2. The fourth-order valence-corrected chi connectivity index (χ4v) is 3.83. The number of aryl methyl sites for hydroxylation is 1. The van der Waals surface area contributed by atoms with E-state index in [0.717, 1.165) is 5.56 Å². The van der Waals surface area contributed by atoms with Gasteiger partial charge in [-0.25, -0.2) is 0 Å². The normalized spacial score (nSPS) is 17.8. The fourth-order valence-electron chi connectivity index (χ4n) is 3.83. The van der Waals surface area contributed by atoms with Crippen LogP contribution in [0.2, 0.25) is 0 Å². The maximum absolute atomic E-state index is 11.8. The van der Waals surface area contributed by atoms with Crippen molar-refractivity contribution in [3.05, 3.63) is 70.8 Å². The minimum Gasteiger partial charge on any atom is -0.481 e. The van der Waals surface area contributed by atoms with Crippen LogP contribution in [0.4, 0.5) is 0 Å². The summed E-state index contributed by atoms with van der Waals surface area (Å²) in [5.41, 5.74) is 3.66. The molecule has 0 saturated heterocycles. The molecule has 0 aromatic heterocycles. The van der Waals surface area contributed by atoms with E-state index in [4.69, 9.17) is 0 Å². The molecule has 25 heavy (non-hydrogen) atoms. The Morgan fingerprint density at radius 3 is 2.04 bits per heavy atom. The van der Waals surface area contributed by atoms with E-state index in [0.29, 0.717) is 17.0 Å². The number of aliphatic hydroxyl groups excluding tert-OH is 1. The van der Waals surface area contributed by atoms with Crippen molar-refractivity contribution >= 4 is 5.97 Å². The van der Waals surface area contributed by atoms with Crippen molar-refractivity contribution in [1.29, 1.82) is 0 Å². The summed E-state index contributed by atoms with van der Waals surface area (Å²) in [6.45, 7) is 1.97. The smallest absolute Gasteiger partial charge is 0.314 e. The summed E-state index contributed by atoms with van der Waals surface area (Å²) in [5, 5.41) is 20.3. The third kappa shape index (κ3) is 4.10. The number of aliphatic carboxylic acids is 1. The molecule has 2 aromatic rings. The molecule has 132 valence electrons.